The zero-order valence-corrected chi connectivity index (χ0v) is 24.5. The fraction of sp³-hybridized carbons (Fsp3) is 0.600. The van der Waals surface area contributed by atoms with Crippen LogP contribution in [0.25, 0.3) is 10.4 Å². The van der Waals surface area contributed by atoms with Crippen LogP contribution in [-0.2, 0) is 9.84 Å². The molecule has 0 saturated carbocycles. The van der Waals surface area contributed by atoms with Crippen LogP contribution in [-0.4, -0.2) is 83.4 Å². The topological polar surface area (TPSA) is 121 Å². The average molecular weight is 660 g/mol. The third-order valence-corrected chi connectivity index (χ3v) is 10.0. The standard InChI is InChI=1S/C25H28F7N5O4S2/c1-3-16(25(30,31)32)35-17-8-14(20(26)27)15(10-33-17)19-18(23(39)37-11-24(28,29)9-12(37)2)36-22(42-19)21(38)34-13-4-6-43(40,41)7-5-13/h8,10,12-13,16,20H,3-7,9,11H2,1-2H3,(H,33,35)(H,34,38)/t12-,16?/m0/s1. The Bertz CT molecular complexity index is 1470. The Morgan fingerprint density at radius 3 is 2.40 bits per heavy atom. The second-order valence-electron chi connectivity index (χ2n) is 10.5. The van der Waals surface area contributed by atoms with Crippen molar-refractivity contribution in [3.8, 4) is 10.4 Å². The molecule has 2 aromatic heterocycles. The monoisotopic (exact) mass is 659 g/mol. The summed E-state index contributed by atoms with van der Waals surface area (Å²) < 4.78 is 120. The third kappa shape index (κ3) is 7.56. The molecule has 0 aromatic carbocycles. The summed E-state index contributed by atoms with van der Waals surface area (Å²) in [5.74, 6) is -5.95. The predicted octanol–water partition coefficient (Wildman–Crippen LogP) is 5.07. The quantitative estimate of drug-likeness (QED) is 0.380. The average Bonchev–Trinajstić information content (AvgIpc) is 3.47. The van der Waals surface area contributed by atoms with E-state index >= 15 is 0 Å². The van der Waals surface area contributed by atoms with Crippen molar-refractivity contribution in [1.82, 2.24) is 20.2 Å². The molecule has 2 atom stereocenters. The molecule has 43 heavy (non-hydrogen) atoms. The van der Waals surface area contributed by atoms with Gasteiger partial charge in [-0.15, -0.1) is 11.3 Å². The smallest absolute Gasteiger partial charge is 0.359 e. The highest BCUT2D eigenvalue weighted by Crippen LogP contribution is 2.40. The van der Waals surface area contributed by atoms with Crippen molar-refractivity contribution in [2.75, 3.05) is 23.4 Å². The maximum absolute atomic E-state index is 14.3. The molecule has 0 aliphatic carbocycles. The van der Waals surface area contributed by atoms with Crippen molar-refractivity contribution < 1.29 is 48.7 Å². The minimum atomic E-state index is -4.70. The minimum absolute atomic E-state index is 0.114. The molecule has 2 amide bonds. The van der Waals surface area contributed by atoms with Gasteiger partial charge in [0.15, 0.2) is 5.01 Å². The van der Waals surface area contributed by atoms with Gasteiger partial charge in [0.1, 0.15) is 27.4 Å². The van der Waals surface area contributed by atoms with Crippen molar-refractivity contribution in [1.29, 1.82) is 0 Å². The first-order chi connectivity index (χ1) is 19.9. The number of likely N-dealkylation sites (tertiary alicyclic amines) is 1. The van der Waals surface area contributed by atoms with Gasteiger partial charge in [0.2, 0.25) is 0 Å². The number of thiazole rings is 1. The number of amides is 2. The number of sulfone groups is 1. The SMILES string of the molecule is CCC(Nc1cc(C(F)F)c(-c2sc(C(=O)NC3CCS(=O)(=O)CC3)nc2C(=O)N2CC(F)(F)C[C@@H]2C)cn1)C(F)(F)F. The van der Waals surface area contributed by atoms with E-state index in [1.807, 2.05) is 0 Å². The van der Waals surface area contributed by atoms with E-state index in [4.69, 9.17) is 0 Å². The first kappa shape index (κ1) is 32.9. The van der Waals surface area contributed by atoms with Crippen LogP contribution >= 0.6 is 11.3 Å². The van der Waals surface area contributed by atoms with Gasteiger partial charge in [-0.2, -0.15) is 13.2 Å². The maximum atomic E-state index is 14.3. The van der Waals surface area contributed by atoms with Crippen LogP contribution in [0.15, 0.2) is 12.3 Å². The summed E-state index contributed by atoms with van der Waals surface area (Å²) in [5, 5.41) is 4.29. The number of nitrogens with one attached hydrogen (secondary N) is 2. The molecule has 4 heterocycles. The predicted molar refractivity (Wildman–Crippen MR) is 143 cm³/mol. The van der Waals surface area contributed by atoms with Crippen LogP contribution in [0.4, 0.5) is 36.6 Å². The Labute approximate surface area is 246 Å². The summed E-state index contributed by atoms with van der Waals surface area (Å²) in [6, 6.07) is -2.90. The molecule has 2 fully saturated rings. The van der Waals surface area contributed by atoms with E-state index in [9.17, 15) is 48.7 Å². The number of aromatic nitrogens is 2. The fourth-order valence-electron chi connectivity index (χ4n) is 4.96. The van der Waals surface area contributed by atoms with Gasteiger partial charge >= 0.3 is 6.18 Å². The number of pyridine rings is 1. The Balaban J connectivity index is 1.74. The number of hydrogen-bond acceptors (Lipinski definition) is 8. The molecule has 9 nitrogen and oxygen atoms in total. The molecule has 0 spiro atoms. The van der Waals surface area contributed by atoms with Crippen molar-refractivity contribution in [2.45, 2.75) is 76.2 Å². The number of carbonyl (C=O) groups excluding carboxylic acids is 2. The van der Waals surface area contributed by atoms with Gasteiger partial charge in [0.25, 0.3) is 24.2 Å². The number of halogens is 7. The fourth-order valence-corrected chi connectivity index (χ4v) is 7.44. The van der Waals surface area contributed by atoms with E-state index in [2.05, 4.69) is 20.6 Å². The lowest BCUT2D eigenvalue weighted by Crippen LogP contribution is -2.41. The van der Waals surface area contributed by atoms with E-state index in [0.717, 1.165) is 11.1 Å². The largest absolute Gasteiger partial charge is 0.408 e. The lowest BCUT2D eigenvalue weighted by molar-refractivity contribution is -0.142. The molecule has 18 heteroatoms. The molecular formula is C25H28F7N5O4S2. The molecule has 2 saturated heterocycles. The van der Waals surface area contributed by atoms with Crippen LogP contribution in [0.3, 0.4) is 0 Å². The van der Waals surface area contributed by atoms with Crippen LogP contribution in [0.2, 0.25) is 0 Å². The van der Waals surface area contributed by atoms with Crippen molar-refractivity contribution >= 4 is 38.8 Å². The lowest BCUT2D eigenvalue weighted by atomic mass is 10.1. The van der Waals surface area contributed by atoms with Gasteiger partial charge in [-0.25, -0.2) is 35.9 Å². The summed E-state index contributed by atoms with van der Waals surface area (Å²) >= 11 is 0.507. The first-order valence-corrected chi connectivity index (χ1v) is 15.9. The van der Waals surface area contributed by atoms with Crippen LogP contribution < -0.4 is 10.6 Å². The zero-order chi connectivity index (χ0) is 31.9. The van der Waals surface area contributed by atoms with Crippen LogP contribution in [0, 0.1) is 0 Å². The number of alkyl halides is 7. The second-order valence-corrected chi connectivity index (χ2v) is 13.8. The number of anilines is 1. The van der Waals surface area contributed by atoms with E-state index in [1.54, 1.807) is 0 Å². The highest BCUT2D eigenvalue weighted by atomic mass is 32.2. The zero-order valence-electron chi connectivity index (χ0n) is 22.9. The Kier molecular flexibility index (Phi) is 9.30. The van der Waals surface area contributed by atoms with Crippen molar-refractivity contribution in [3.63, 3.8) is 0 Å². The third-order valence-electron chi connectivity index (χ3n) is 7.24. The Morgan fingerprint density at radius 2 is 1.86 bits per heavy atom. The summed E-state index contributed by atoms with van der Waals surface area (Å²) in [6.07, 6.45) is -8.01. The number of hydrogen-bond donors (Lipinski definition) is 2. The Morgan fingerprint density at radius 1 is 1.21 bits per heavy atom. The number of rotatable bonds is 8. The highest BCUT2D eigenvalue weighted by molar-refractivity contribution is 7.91. The van der Waals surface area contributed by atoms with Crippen LogP contribution in [0.1, 0.15) is 71.8 Å². The molecule has 238 valence electrons. The van der Waals surface area contributed by atoms with Gasteiger partial charge in [-0.3, -0.25) is 9.59 Å². The Hall–Kier alpha value is -3.02. The molecule has 0 radical (unpaired) electrons. The number of carbonyl (C=O) groups is 2. The lowest BCUT2D eigenvalue weighted by Gasteiger charge is -2.22. The molecular weight excluding hydrogens is 631 g/mol. The minimum Gasteiger partial charge on any atom is -0.359 e. The molecule has 0 bridgehead atoms. The van der Waals surface area contributed by atoms with Gasteiger partial charge in [0.05, 0.1) is 22.9 Å². The van der Waals surface area contributed by atoms with Crippen molar-refractivity contribution in [3.05, 3.63) is 28.5 Å². The maximum Gasteiger partial charge on any atom is 0.408 e. The summed E-state index contributed by atoms with van der Waals surface area (Å²) in [4.78, 5) is 34.9. The van der Waals surface area contributed by atoms with E-state index in [-0.39, 0.29) is 34.2 Å². The van der Waals surface area contributed by atoms with Crippen LogP contribution in [0.5, 0.6) is 0 Å². The normalized spacial score (nSPS) is 21.2. The van der Waals surface area contributed by atoms with E-state index in [0.29, 0.717) is 17.4 Å². The molecule has 2 aromatic rings. The van der Waals surface area contributed by atoms with Gasteiger partial charge in [0, 0.05) is 35.8 Å². The van der Waals surface area contributed by atoms with E-state index in [1.165, 1.54) is 13.8 Å². The van der Waals surface area contributed by atoms with Gasteiger partial charge in [-0.1, -0.05) is 6.92 Å². The molecule has 2 aliphatic rings. The summed E-state index contributed by atoms with van der Waals surface area (Å²) in [7, 11) is -3.25. The second kappa shape index (κ2) is 12.2. The molecule has 4 rings (SSSR count). The summed E-state index contributed by atoms with van der Waals surface area (Å²) in [5.41, 5.74) is -1.81. The molecule has 1 unspecified atom stereocenters. The molecule has 2 N–H and O–H groups in total. The first-order valence-electron chi connectivity index (χ1n) is 13.2. The van der Waals surface area contributed by atoms with E-state index < -0.39 is 100 Å². The highest BCUT2D eigenvalue weighted by Gasteiger charge is 2.46. The van der Waals surface area contributed by atoms with Gasteiger partial charge < -0.3 is 15.5 Å². The molecule has 2 aliphatic heterocycles. The number of nitrogens with zero attached hydrogens (tertiary/aromatic N) is 3. The van der Waals surface area contributed by atoms with Gasteiger partial charge in [-0.05, 0) is 32.3 Å². The van der Waals surface area contributed by atoms with Crippen molar-refractivity contribution in [2.24, 2.45) is 0 Å². The summed E-state index contributed by atoms with van der Waals surface area (Å²) in [6.45, 7) is 1.64.